The summed E-state index contributed by atoms with van der Waals surface area (Å²) in [5.74, 6) is -0.271. The summed E-state index contributed by atoms with van der Waals surface area (Å²) >= 11 is 0. The summed E-state index contributed by atoms with van der Waals surface area (Å²) in [6.07, 6.45) is -3.16. The molecular formula is C21H30F3N5O2. The second-order valence-electron chi connectivity index (χ2n) is 7.57. The summed E-state index contributed by atoms with van der Waals surface area (Å²) in [5.41, 5.74) is 7.97. The van der Waals surface area contributed by atoms with Crippen molar-refractivity contribution in [1.29, 1.82) is 0 Å². The monoisotopic (exact) mass is 441 g/mol. The molecule has 0 atom stereocenters. The molecule has 0 aliphatic carbocycles. The van der Waals surface area contributed by atoms with Gasteiger partial charge in [0.05, 0.1) is 30.3 Å². The summed E-state index contributed by atoms with van der Waals surface area (Å²) in [7, 11) is 0. The standard InChI is InChI=1S/C21H30F3N5O2/c1-17(26-18-2-4-19(5-3-18)31-21(22,23)24)20(16-25)29-10-8-27(9-11-29)6-7-28-12-14-30-15-13-28/h2-5,16H,6-15,25H2,1H3/b20-16+,26-17?. The van der Waals surface area contributed by atoms with Gasteiger partial charge in [-0.25, -0.2) is 0 Å². The molecule has 0 amide bonds. The molecule has 0 saturated carbocycles. The van der Waals surface area contributed by atoms with Gasteiger partial charge in [0.2, 0.25) is 0 Å². The first-order chi connectivity index (χ1) is 14.8. The van der Waals surface area contributed by atoms with Crippen molar-refractivity contribution in [2.24, 2.45) is 10.7 Å². The van der Waals surface area contributed by atoms with E-state index in [9.17, 15) is 13.2 Å². The van der Waals surface area contributed by atoms with Crippen LogP contribution in [0.2, 0.25) is 0 Å². The molecule has 3 rings (SSSR count). The zero-order chi connectivity index (χ0) is 22.3. The Morgan fingerprint density at radius 2 is 1.61 bits per heavy atom. The van der Waals surface area contributed by atoms with E-state index in [1.807, 2.05) is 6.92 Å². The van der Waals surface area contributed by atoms with Gasteiger partial charge in [-0.2, -0.15) is 0 Å². The first-order valence-electron chi connectivity index (χ1n) is 10.4. The quantitative estimate of drug-likeness (QED) is 0.656. The van der Waals surface area contributed by atoms with E-state index < -0.39 is 6.36 Å². The number of allylic oxidation sites excluding steroid dienone is 1. The van der Waals surface area contributed by atoms with Gasteiger partial charge in [-0.05, 0) is 31.2 Å². The highest BCUT2D eigenvalue weighted by molar-refractivity contribution is 5.99. The molecule has 2 aliphatic heterocycles. The molecule has 172 valence electrons. The molecule has 10 heteroatoms. The summed E-state index contributed by atoms with van der Waals surface area (Å²) < 4.78 is 46.2. The SMILES string of the molecule is CC(=Nc1ccc(OC(F)(F)F)cc1)/C(=C\N)N1CCN(CCN2CCOCC2)CC1. The molecule has 0 radical (unpaired) electrons. The Kier molecular flexibility index (Phi) is 8.16. The molecule has 2 N–H and O–H groups in total. The van der Waals surface area contributed by atoms with Gasteiger partial charge in [0.25, 0.3) is 0 Å². The predicted octanol–water partition coefficient (Wildman–Crippen LogP) is 2.43. The average molecular weight is 441 g/mol. The van der Waals surface area contributed by atoms with Crippen molar-refractivity contribution in [3.05, 3.63) is 36.2 Å². The highest BCUT2D eigenvalue weighted by atomic mass is 19.4. The minimum absolute atomic E-state index is 0.271. The van der Waals surface area contributed by atoms with Crippen molar-refractivity contribution in [3.8, 4) is 5.75 Å². The number of morpholine rings is 1. The highest BCUT2D eigenvalue weighted by Gasteiger charge is 2.31. The van der Waals surface area contributed by atoms with Gasteiger partial charge in [0.15, 0.2) is 0 Å². The maximum absolute atomic E-state index is 12.3. The van der Waals surface area contributed by atoms with Gasteiger partial charge >= 0.3 is 6.36 Å². The van der Waals surface area contributed by atoms with Crippen molar-refractivity contribution in [2.45, 2.75) is 13.3 Å². The maximum Gasteiger partial charge on any atom is 0.573 e. The normalized spacial score (nSPS) is 20.2. The number of aliphatic imine (C=N–C) groups is 1. The smallest absolute Gasteiger partial charge is 0.406 e. The van der Waals surface area contributed by atoms with E-state index in [4.69, 9.17) is 10.5 Å². The van der Waals surface area contributed by atoms with E-state index in [1.54, 1.807) is 6.20 Å². The van der Waals surface area contributed by atoms with Crippen LogP contribution in [-0.4, -0.2) is 92.3 Å². The van der Waals surface area contributed by atoms with E-state index >= 15 is 0 Å². The van der Waals surface area contributed by atoms with E-state index in [1.165, 1.54) is 24.3 Å². The molecular weight excluding hydrogens is 411 g/mol. The average Bonchev–Trinajstić information content (AvgIpc) is 2.75. The van der Waals surface area contributed by atoms with Crippen LogP contribution in [0, 0.1) is 0 Å². The Hall–Kier alpha value is -2.30. The van der Waals surface area contributed by atoms with Crippen LogP contribution in [0.3, 0.4) is 0 Å². The summed E-state index contributed by atoms with van der Waals surface area (Å²) in [6.45, 7) is 11.1. The lowest BCUT2D eigenvalue weighted by molar-refractivity contribution is -0.274. The Labute approximate surface area is 180 Å². The Balaban J connectivity index is 1.51. The second kappa shape index (κ2) is 10.8. The van der Waals surface area contributed by atoms with Crippen molar-refractivity contribution in [3.63, 3.8) is 0 Å². The van der Waals surface area contributed by atoms with Crippen molar-refractivity contribution in [1.82, 2.24) is 14.7 Å². The zero-order valence-electron chi connectivity index (χ0n) is 17.8. The van der Waals surface area contributed by atoms with Gasteiger partial charge in [-0.15, -0.1) is 13.2 Å². The lowest BCUT2D eigenvalue weighted by atomic mass is 10.2. The van der Waals surface area contributed by atoms with E-state index in [-0.39, 0.29) is 5.75 Å². The molecule has 7 nitrogen and oxygen atoms in total. The van der Waals surface area contributed by atoms with E-state index in [0.29, 0.717) is 11.4 Å². The third-order valence-electron chi connectivity index (χ3n) is 5.44. The number of hydrogen-bond acceptors (Lipinski definition) is 7. The lowest BCUT2D eigenvalue weighted by Gasteiger charge is -2.38. The molecule has 2 saturated heterocycles. The van der Waals surface area contributed by atoms with Crippen LogP contribution in [0.4, 0.5) is 18.9 Å². The Morgan fingerprint density at radius 3 is 2.16 bits per heavy atom. The predicted molar refractivity (Wildman–Crippen MR) is 113 cm³/mol. The lowest BCUT2D eigenvalue weighted by Crippen LogP contribution is -2.49. The molecule has 1 aromatic carbocycles. The van der Waals surface area contributed by atoms with Gasteiger partial charge in [0.1, 0.15) is 5.75 Å². The first-order valence-corrected chi connectivity index (χ1v) is 10.4. The number of rotatable bonds is 7. The van der Waals surface area contributed by atoms with Crippen molar-refractivity contribution >= 4 is 11.4 Å². The van der Waals surface area contributed by atoms with Gasteiger partial charge in [-0.1, -0.05) is 0 Å². The number of hydrogen-bond donors (Lipinski definition) is 1. The topological polar surface area (TPSA) is 66.6 Å². The third-order valence-corrected chi connectivity index (χ3v) is 5.44. The third kappa shape index (κ3) is 7.41. The largest absolute Gasteiger partial charge is 0.573 e. The molecule has 31 heavy (non-hydrogen) atoms. The fourth-order valence-electron chi connectivity index (χ4n) is 3.75. The molecule has 0 spiro atoms. The summed E-state index contributed by atoms with van der Waals surface area (Å²) in [6, 6.07) is 5.47. The Morgan fingerprint density at radius 1 is 1.03 bits per heavy atom. The zero-order valence-corrected chi connectivity index (χ0v) is 17.8. The van der Waals surface area contributed by atoms with Crippen LogP contribution in [0.15, 0.2) is 41.2 Å². The van der Waals surface area contributed by atoms with Crippen LogP contribution in [-0.2, 0) is 4.74 Å². The van der Waals surface area contributed by atoms with Gasteiger partial charge in [0, 0.05) is 58.6 Å². The number of nitrogens with zero attached hydrogens (tertiary/aromatic N) is 4. The Bertz CT molecular complexity index is 753. The fraction of sp³-hybridized carbons (Fsp3) is 0.571. The number of alkyl halides is 3. The van der Waals surface area contributed by atoms with Crippen LogP contribution in [0.25, 0.3) is 0 Å². The molecule has 0 bridgehead atoms. The summed E-state index contributed by atoms with van der Waals surface area (Å²) in [5, 5.41) is 0. The molecule has 2 fully saturated rings. The number of benzene rings is 1. The van der Waals surface area contributed by atoms with Crippen molar-refractivity contribution in [2.75, 3.05) is 65.6 Å². The molecule has 2 heterocycles. The number of nitrogens with two attached hydrogens (primary N) is 1. The van der Waals surface area contributed by atoms with Crippen LogP contribution < -0.4 is 10.5 Å². The van der Waals surface area contributed by atoms with Crippen LogP contribution >= 0.6 is 0 Å². The van der Waals surface area contributed by atoms with E-state index in [0.717, 1.165) is 71.3 Å². The van der Waals surface area contributed by atoms with Gasteiger partial charge in [-0.3, -0.25) is 14.8 Å². The van der Waals surface area contributed by atoms with Gasteiger partial charge < -0.3 is 20.1 Å². The minimum atomic E-state index is -4.71. The summed E-state index contributed by atoms with van der Waals surface area (Å²) in [4.78, 5) is 11.6. The molecule has 0 unspecified atom stereocenters. The number of halogens is 3. The fourth-order valence-corrected chi connectivity index (χ4v) is 3.75. The minimum Gasteiger partial charge on any atom is -0.406 e. The second-order valence-corrected chi connectivity index (χ2v) is 7.57. The first kappa shape index (κ1) is 23.4. The molecule has 0 aromatic heterocycles. The number of piperazine rings is 1. The highest BCUT2D eigenvalue weighted by Crippen LogP contribution is 2.25. The van der Waals surface area contributed by atoms with E-state index in [2.05, 4.69) is 24.4 Å². The van der Waals surface area contributed by atoms with Crippen molar-refractivity contribution < 1.29 is 22.6 Å². The molecule has 2 aliphatic rings. The maximum atomic E-state index is 12.3. The molecule has 1 aromatic rings. The van der Waals surface area contributed by atoms with Crippen LogP contribution in [0.5, 0.6) is 5.75 Å². The number of ether oxygens (including phenoxy) is 2. The van der Waals surface area contributed by atoms with Crippen LogP contribution in [0.1, 0.15) is 6.92 Å².